The summed E-state index contributed by atoms with van der Waals surface area (Å²) in [7, 11) is 0. The molecular formula is C15H16O2. The fourth-order valence-electron chi connectivity index (χ4n) is 5.18. The molecule has 0 amide bonds. The minimum Gasteiger partial charge on any atom is -0.361 e. The molecule has 2 nitrogen and oxygen atoms in total. The summed E-state index contributed by atoms with van der Waals surface area (Å²) in [5, 5.41) is 0. The van der Waals surface area contributed by atoms with Gasteiger partial charge in [-0.2, -0.15) is 0 Å². The second-order valence-corrected chi connectivity index (χ2v) is 6.31. The van der Waals surface area contributed by atoms with Gasteiger partial charge in [-0.3, -0.25) is 4.79 Å². The Morgan fingerprint density at radius 2 is 2.12 bits per heavy atom. The molecule has 88 valence electrons. The third-order valence-electron chi connectivity index (χ3n) is 5.79. The van der Waals surface area contributed by atoms with Crippen LogP contribution in [0.15, 0.2) is 23.3 Å². The van der Waals surface area contributed by atoms with Gasteiger partial charge in [0.1, 0.15) is 0 Å². The number of Topliss-reactive ketones (excluding diaryl/α,β-unsaturated/α-hetero) is 1. The predicted molar refractivity (Wildman–Crippen MR) is 62.3 cm³/mol. The Hall–Kier alpha value is -0.890. The standard InChI is InChI=1S/C15H16O2/c16-14-12-8-3-1-5-10(8)13(15(14)7-17-15)11-6-2-4-9(11)12/h1,3,8,10,12-13H,2,4-7H2/t8-,10+,12?,13?,15-/m0/s1. The molecule has 1 spiro atoms. The van der Waals surface area contributed by atoms with Crippen molar-refractivity contribution in [3.63, 3.8) is 0 Å². The second-order valence-electron chi connectivity index (χ2n) is 6.31. The Balaban J connectivity index is 1.77. The lowest BCUT2D eigenvalue weighted by atomic mass is 9.53. The van der Waals surface area contributed by atoms with Crippen molar-refractivity contribution in [3.05, 3.63) is 23.3 Å². The van der Waals surface area contributed by atoms with Crippen LogP contribution in [0.1, 0.15) is 25.7 Å². The molecule has 5 aliphatic carbocycles. The molecule has 1 aliphatic heterocycles. The summed E-state index contributed by atoms with van der Waals surface area (Å²) in [4.78, 5) is 12.7. The molecule has 6 rings (SSSR count). The van der Waals surface area contributed by atoms with E-state index in [1.165, 1.54) is 31.3 Å². The largest absolute Gasteiger partial charge is 0.361 e. The van der Waals surface area contributed by atoms with E-state index in [4.69, 9.17) is 4.74 Å². The molecule has 0 radical (unpaired) electrons. The Morgan fingerprint density at radius 1 is 1.29 bits per heavy atom. The molecule has 2 fully saturated rings. The molecular weight excluding hydrogens is 212 g/mol. The van der Waals surface area contributed by atoms with Crippen molar-refractivity contribution >= 4 is 5.78 Å². The molecule has 0 aromatic heterocycles. The lowest BCUT2D eigenvalue weighted by Crippen LogP contribution is -2.56. The van der Waals surface area contributed by atoms with Gasteiger partial charge >= 0.3 is 0 Å². The third-order valence-corrected chi connectivity index (χ3v) is 5.79. The fourth-order valence-corrected chi connectivity index (χ4v) is 5.18. The molecule has 0 N–H and O–H groups in total. The van der Waals surface area contributed by atoms with Crippen molar-refractivity contribution in [2.75, 3.05) is 6.61 Å². The van der Waals surface area contributed by atoms with E-state index in [2.05, 4.69) is 12.2 Å². The maximum atomic E-state index is 12.7. The van der Waals surface area contributed by atoms with E-state index in [1.54, 1.807) is 5.57 Å². The zero-order valence-electron chi connectivity index (χ0n) is 9.82. The molecule has 0 aromatic carbocycles. The van der Waals surface area contributed by atoms with E-state index in [9.17, 15) is 4.79 Å². The van der Waals surface area contributed by atoms with Crippen LogP contribution in [-0.2, 0) is 9.53 Å². The topological polar surface area (TPSA) is 29.6 Å². The van der Waals surface area contributed by atoms with Gasteiger partial charge in [0.25, 0.3) is 0 Å². The number of carbonyl (C=O) groups is 1. The van der Waals surface area contributed by atoms with Crippen molar-refractivity contribution < 1.29 is 9.53 Å². The Labute approximate surface area is 101 Å². The predicted octanol–water partition coefficient (Wildman–Crippen LogP) is 2.26. The highest BCUT2D eigenvalue weighted by atomic mass is 16.6. The number of hydrogen-bond donors (Lipinski definition) is 0. The highest BCUT2D eigenvalue weighted by Crippen LogP contribution is 2.65. The molecule has 17 heavy (non-hydrogen) atoms. The van der Waals surface area contributed by atoms with E-state index in [0.717, 1.165) is 0 Å². The quantitative estimate of drug-likeness (QED) is 0.470. The van der Waals surface area contributed by atoms with Gasteiger partial charge in [-0.1, -0.05) is 23.3 Å². The van der Waals surface area contributed by atoms with Crippen LogP contribution in [0.25, 0.3) is 0 Å². The molecule has 0 aromatic rings. The summed E-state index contributed by atoms with van der Waals surface area (Å²) in [6.45, 7) is 0.701. The fraction of sp³-hybridized carbons (Fsp3) is 0.667. The average Bonchev–Trinajstić information content (AvgIpc) is 2.77. The van der Waals surface area contributed by atoms with Crippen LogP contribution in [0.4, 0.5) is 0 Å². The summed E-state index contributed by atoms with van der Waals surface area (Å²) >= 11 is 0. The molecule has 6 aliphatic rings. The summed E-state index contributed by atoms with van der Waals surface area (Å²) < 4.78 is 5.69. The molecule has 1 saturated heterocycles. The van der Waals surface area contributed by atoms with Gasteiger partial charge in [-0.05, 0) is 37.5 Å². The van der Waals surface area contributed by atoms with Crippen molar-refractivity contribution in [1.82, 2.24) is 0 Å². The van der Waals surface area contributed by atoms with Crippen LogP contribution >= 0.6 is 0 Å². The molecule has 5 atom stereocenters. The lowest BCUT2D eigenvalue weighted by molar-refractivity contribution is -0.137. The first kappa shape index (κ1) is 9.09. The van der Waals surface area contributed by atoms with Crippen LogP contribution in [0.3, 0.4) is 0 Å². The number of ketones is 1. The number of hydrogen-bond acceptors (Lipinski definition) is 2. The van der Waals surface area contributed by atoms with Crippen LogP contribution in [0.5, 0.6) is 0 Å². The molecule has 1 saturated carbocycles. The third kappa shape index (κ3) is 0.825. The Morgan fingerprint density at radius 3 is 2.94 bits per heavy atom. The number of epoxide rings is 1. The maximum Gasteiger partial charge on any atom is 0.175 e. The van der Waals surface area contributed by atoms with Gasteiger partial charge in [0.2, 0.25) is 0 Å². The van der Waals surface area contributed by atoms with Crippen LogP contribution < -0.4 is 0 Å². The van der Waals surface area contributed by atoms with Crippen LogP contribution in [0, 0.1) is 23.7 Å². The number of rotatable bonds is 0. The Kier molecular flexibility index (Phi) is 1.38. The summed E-state index contributed by atoms with van der Waals surface area (Å²) in [6, 6.07) is 0. The zero-order chi connectivity index (χ0) is 11.2. The van der Waals surface area contributed by atoms with Gasteiger partial charge < -0.3 is 4.74 Å². The number of allylic oxidation sites excluding steroid dienone is 3. The number of ether oxygens (including phenoxy) is 1. The zero-order valence-corrected chi connectivity index (χ0v) is 9.82. The van der Waals surface area contributed by atoms with E-state index in [1.807, 2.05) is 0 Å². The van der Waals surface area contributed by atoms with Gasteiger partial charge in [-0.25, -0.2) is 0 Å². The van der Waals surface area contributed by atoms with Crippen LogP contribution in [0.2, 0.25) is 0 Å². The first-order valence-corrected chi connectivity index (χ1v) is 6.90. The maximum absolute atomic E-state index is 12.7. The Bertz CT molecular complexity index is 495. The SMILES string of the molecule is O=C1C2C3=C(CCC3)C([C@@H]3CC=C[C@H]23)[C@@]12CO2. The average molecular weight is 228 g/mol. The van der Waals surface area contributed by atoms with E-state index < -0.39 is 0 Å². The minimum absolute atomic E-state index is 0.198. The van der Waals surface area contributed by atoms with Crippen molar-refractivity contribution in [3.8, 4) is 0 Å². The molecule has 1 heterocycles. The second kappa shape index (κ2) is 2.59. The van der Waals surface area contributed by atoms with Crippen molar-refractivity contribution in [1.29, 1.82) is 0 Å². The minimum atomic E-state index is -0.346. The molecule has 2 heteroatoms. The normalized spacial score (nSPS) is 53.5. The first-order valence-electron chi connectivity index (χ1n) is 6.90. The lowest BCUT2D eigenvalue weighted by Gasteiger charge is -2.49. The number of carbonyl (C=O) groups excluding carboxylic acids is 1. The summed E-state index contributed by atoms with van der Waals surface area (Å²) in [5.74, 6) is 2.26. The van der Waals surface area contributed by atoms with Crippen LogP contribution in [-0.4, -0.2) is 18.0 Å². The van der Waals surface area contributed by atoms with E-state index in [-0.39, 0.29) is 11.5 Å². The van der Waals surface area contributed by atoms with Gasteiger partial charge in [0.05, 0.1) is 6.61 Å². The van der Waals surface area contributed by atoms with Crippen molar-refractivity contribution in [2.45, 2.75) is 31.3 Å². The molecule has 2 bridgehead atoms. The first-order chi connectivity index (χ1) is 8.33. The van der Waals surface area contributed by atoms with Crippen molar-refractivity contribution in [2.24, 2.45) is 23.7 Å². The van der Waals surface area contributed by atoms with E-state index in [0.29, 0.717) is 30.1 Å². The van der Waals surface area contributed by atoms with Gasteiger partial charge in [0.15, 0.2) is 11.4 Å². The smallest absolute Gasteiger partial charge is 0.175 e. The van der Waals surface area contributed by atoms with Gasteiger partial charge in [0, 0.05) is 11.8 Å². The van der Waals surface area contributed by atoms with Gasteiger partial charge in [-0.15, -0.1) is 0 Å². The summed E-state index contributed by atoms with van der Waals surface area (Å²) in [5.41, 5.74) is 2.81. The highest BCUT2D eigenvalue weighted by Gasteiger charge is 2.71. The molecule has 2 unspecified atom stereocenters. The summed E-state index contributed by atoms with van der Waals surface area (Å²) in [6.07, 6.45) is 9.46. The monoisotopic (exact) mass is 228 g/mol. The van der Waals surface area contributed by atoms with E-state index >= 15 is 0 Å². The highest BCUT2D eigenvalue weighted by molar-refractivity contribution is 5.98.